The van der Waals surface area contributed by atoms with Crippen molar-refractivity contribution in [3.8, 4) is 0 Å². The molecule has 0 unspecified atom stereocenters. The van der Waals surface area contributed by atoms with E-state index in [1.807, 2.05) is 73.0 Å². The van der Waals surface area contributed by atoms with Gasteiger partial charge in [-0.25, -0.2) is 9.78 Å². The van der Waals surface area contributed by atoms with E-state index in [4.69, 9.17) is 18.9 Å². The van der Waals surface area contributed by atoms with Crippen molar-refractivity contribution in [3.05, 3.63) is 138 Å². The van der Waals surface area contributed by atoms with E-state index in [-0.39, 0.29) is 23.9 Å². The van der Waals surface area contributed by atoms with Crippen LogP contribution in [0.15, 0.2) is 115 Å². The monoisotopic (exact) mass is 536 g/mol. The van der Waals surface area contributed by atoms with Crippen LogP contribution in [0.25, 0.3) is 0 Å². The summed E-state index contributed by atoms with van der Waals surface area (Å²) in [6.45, 7) is 4.13. The summed E-state index contributed by atoms with van der Waals surface area (Å²) in [5, 5.41) is 0. The van der Waals surface area contributed by atoms with Crippen LogP contribution in [0.2, 0.25) is 0 Å². The molecule has 0 amide bonds. The van der Waals surface area contributed by atoms with Gasteiger partial charge in [0.05, 0.1) is 26.1 Å². The average molecular weight is 537 g/mol. The van der Waals surface area contributed by atoms with E-state index >= 15 is 0 Å². The molecular formula is C33H32N2O5. The Morgan fingerprint density at radius 1 is 0.900 bits per heavy atom. The first kappa shape index (κ1) is 26.2. The van der Waals surface area contributed by atoms with Crippen LogP contribution < -0.4 is 0 Å². The van der Waals surface area contributed by atoms with Gasteiger partial charge in [0.1, 0.15) is 17.8 Å². The first-order valence-electron chi connectivity index (χ1n) is 13.4. The molecular weight excluding hydrogens is 504 g/mol. The third-order valence-corrected chi connectivity index (χ3v) is 7.55. The molecule has 0 bridgehead atoms. The summed E-state index contributed by atoms with van der Waals surface area (Å²) in [4.78, 5) is 16.3. The first-order valence-corrected chi connectivity index (χ1v) is 13.4. The highest BCUT2D eigenvalue weighted by Crippen LogP contribution is 2.46. The standard InChI is InChI=1S/C33H32N2O5/c1-32(2)39-29-23(19-28(30(29)40-32)35-20-27(34-22-35)31(36)37-3)21-38-33(24-13-7-4-8-14-24,25-15-9-5-10-16-25)26-17-11-6-12-18-26/h4-20,22,28-30H,21H2,1-3H3/t28-,29-,30+/m1/s1. The Balaban J connectivity index is 1.41. The smallest absolute Gasteiger partial charge is 0.358 e. The molecule has 1 aromatic heterocycles. The van der Waals surface area contributed by atoms with Crippen LogP contribution in [-0.2, 0) is 24.5 Å². The number of esters is 1. The number of fused-ring (bicyclic) bond motifs is 1. The van der Waals surface area contributed by atoms with Gasteiger partial charge in [-0.2, -0.15) is 0 Å². The molecule has 0 N–H and O–H groups in total. The molecule has 1 aliphatic carbocycles. The minimum Gasteiger partial charge on any atom is -0.464 e. The number of nitrogens with zero attached hydrogens (tertiary/aromatic N) is 2. The van der Waals surface area contributed by atoms with Gasteiger partial charge in [-0.15, -0.1) is 0 Å². The molecule has 7 heteroatoms. The van der Waals surface area contributed by atoms with Gasteiger partial charge in [-0.3, -0.25) is 0 Å². The molecule has 1 aliphatic heterocycles. The van der Waals surface area contributed by atoms with E-state index in [0.29, 0.717) is 6.61 Å². The SMILES string of the molecule is COC(=O)c1cn([C@@H]2C=C(COC(c3ccccc3)(c3ccccc3)c3ccccc3)[C@H]3OC(C)(C)O[C@H]32)cn1. The third kappa shape index (κ3) is 4.66. The number of rotatable bonds is 8. The van der Waals surface area contributed by atoms with Crippen LogP contribution in [0.4, 0.5) is 0 Å². The van der Waals surface area contributed by atoms with Crippen LogP contribution in [-0.4, -0.2) is 47.2 Å². The van der Waals surface area contributed by atoms with Crippen molar-refractivity contribution in [2.24, 2.45) is 0 Å². The molecule has 0 radical (unpaired) electrons. The normalized spacial score (nSPS) is 21.6. The Morgan fingerprint density at radius 3 is 1.98 bits per heavy atom. The summed E-state index contributed by atoms with van der Waals surface area (Å²) in [6, 6.07) is 30.7. The number of carbonyl (C=O) groups excluding carboxylic acids is 1. The summed E-state index contributed by atoms with van der Waals surface area (Å²) >= 11 is 0. The van der Waals surface area contributed by atoms with Crippen molar-refractivity contribution in [3.63, 3.8) is 0 Å². The summed E-state index contributed by atoms with van der Waals surface area (Å²) in [5.41, 5.74) is 3.44. The molecule has 4 aromatic rings. The van der Waals surface area contributed by atoms with Crippen LogP contribution in [0.1, 0.15) is 47.1 Å². The van der Waals surface area contributed by atoms with Crippen molar-refractivity contribution >= 4 is 5.97 Å². The molecule has 6 rings (SSSR count). The van der Waals surface area contributed by atoms with Gasteiger partial charge < -0.3 is 23.5 Å². The van der Waals surface area contributed by atoms with Gasteiger partial charge >= 0.3 is 5.97 Å². The van der Waals surface area contributed by atoms with Crippen LogP contribution in [0.5, 0.6) is 0 Å². The molecule has 2 aliphatic rings. The van der Waals surface area contributed by atoms with E-state index in [2.05, 4.69) is 47.5 Å². The van der Waals surface area contributed by atoms with Gasteiger partial charge in [0.25, 0.3) is 0 Å². The fraction of sp³-hybridized carbons (Fsp3) is 0.273. The summed E-state index contributed by atoms with van der Waals surface area (Å²) in [5.74, 6) is -1.25. The van der Waals surface area contributed by atoms with Gasteiger partial charge in [-0.1, -0.05) is 97.1 Å². The molecule has 204 valence electrons. The second kappa shape index (κ2) is 10.5. The second-order valence-electron chi connectivity index (χ2n) is 10.5. The largest absolute Gasteiger partial charge is 0.464 e. The van der Waals surface area contributed by atoms with Crippen molar-refractivity contribution in [2.45, 2.75) is 43.5 Å². The lowest BCUT2D eigenvalue weighted by atomic mass is 9.80. The minimum atomic E-state index is -0.861. The fourth-order valence-corrected chi connectivity index (χ4v) is 5.79. The maximum Gasteiger partial charge on any atom is 0.358 e. The zero-order valence-corrected chi connectivity index (χ0v) is 22.8. The van der Waals surface area contributed by atoms with E-state index in [9.17, 15) is 4.79 Å². The average Bonchev–Trinajstić information content (AvgIpc) is 3.68. The number of hydrogen-bond acceptors (Lipinski definition) is 6. The Morgan fingerprint density at radius 2 is 1.45 bits per heavy atom. The van der Waals surface area contributed by atoms with E-state index in [0.717, 1.165) is 22.3 Å². The zero-order valence-electron chi connectivity index (χ0n) is 22.8. The van der Waals surface area contributed by atoms with Gasteiger partial charge in [-0.05, 0) is 36.1 Å². The molecule has 0 spiro atoms. The van der Waals surface area contributed by atoms with Gasteiger partial charge in [0.2, 0.25) is 0 Å². The number of methoxy groups -OCH3 is 1. The molecule has 3 aromatic carbocycles. The highest BCUT2D eigenvalue weighted by molar-refractivity contribution is 5.86. The number of benzene rings is 3. The predicted molar refractivity (Wildman–Crippen MR) is 150 cm³/mol. The number of aromatic nitrogens is 2. The van der Waals surface area contributed by atoms with E-state index < -0.39 is 17.4 Å². The van der Waals surface area contributed by atoms with Crippen molar-refractivity contribution in [2.75, 3.05) is 13.7 Å². The quantitative estimate of drug-likeness (QED) is 0.164. The molecule has 2 heterocycles. The highest BCUT2D eigenvalue weighted by Gasteiger charge is 2.51. The maximum absolute atomic E-state index is 12.1. The Labute approximate surface area is 234 Å². The first-order chi connectivity index (χ1) is 19.4. The zero-order chi connectivity index (χ0) is 27.7. The number of imidazole rings is 1. The summed E-state index contributed by atoms with van der Waals surface area (Å²) < 4.78 is 26.6. The van der Waals surface area contributed by atoms with Crippen LogP contribution >= 0.6 is 0 Å². The summed E-state index contributed by atoms with van der Waals surface area (Å²) in [6.07, 6.45) is 4.81. The van der Waals surface area contributed by atoms with Gasteiger partial charge in [0.15, 0.2) is 11.5 Å². The van der Waals surface area contributed by atoms with Crippen LogP contribution in [0.3, 0.4) is 0 Å². The van der Waals surface area contributed by atoms with Crippen molar-refractivity contribution < 1.29 is 23.7 Å². The van der Waals surface area contributed by atoms with Crippen molar-refractivity contribution in [1.82, 2.24) is 9.55 Å². The topological polar surface area (TPSA) is 71.8 Å². The lowest BCUT2D eigenvalue weighted by Crippen LogP contribution is -2.35. The predicted octanol–water partition coefficient (Wildman–Crippen LogP) is 5.68. The lowest BCUT2D eigenvalue weighted by molar-refractivity contribution is -0.148. The van der Waals surface area contributed by atoms with E-state index in [1.165, 1.54) is 7.11 Å². The number of ether oxygens (including phenoxy) is 4. The third-order valence-electron chi connectivity index (χ3n) is 7.55. The molecule has 0 saturated carbocycles. The van der Waals surface area contributed by atoms with Crippen LogP contribution in [0, 0.1) is 0 Å². The van der Waals surface area contributed by atoms with Crippen molar-refractivity contribution in [1.29, 1.82) is 0 Å². The minimum absolute atomic E-state index is 0.226. The maximum atomic E-state index is 12.1. The van der Waals surface area contributed by atoms with Gasteiger partial charge in [0, 0.05) is 6.20 Å². The summed E-state index contributed by atoms with van der Waals surface area (Å²) in [7, 11) is 1.34. The molecule has 3 atom stereocenters. The molecule has 40 heavy (non-hydrogen) atoms. The lowest BCUT2D eigenvalue weighted by Gasteiger charge is -2.36. The number of hydrogen-bond donors (Lipinski definition) is 0. The fourth-order valence-electron chi connectivity index (χ4n) is 5.79. The Bertz CT molecular complexity index is 1400. The second-order valence-corrected chi connectivity index (χ2v) is 10.5. The highest BCUT2D eigenvalue weighted by atomic mass is 16.8. The molecule has 7 nitrogen and oxygen atoms in total. The Hall–Kier alpha value is -4.04. The molecule has 1 saturated heterocycles. The van der Waals surface area contributed by atoms with E-state index in [1.54, 1.807) is 12.5 Å². The number of carbonyl (C=O) groups is 1. The Kier molecular flexibility index (Phi) is 6.88. The molecule has 1 fully saturated rings.